The Labute approximate surface area is 136 Å². The fourth-order valence-corrected chi connectivity index (χ4v) is 2.85. The molecule has 0 aromatic heterocycles. The summed E-state index contributed by atoms with van der Waals surface area (Å²) < 4.78 is 12.8. The summed E-state index contributed by atoms with van der Waals surface area (Å²) in [4.78, 5) is 25.7. The smallest absolute Gasteiger partial charge is 0.243 e. The number of halogens is 1. The van der Waals surface area contributed by atoms with Crippen LogP contribution in [0.25, 0.3) is 0 Å². The van der Waals surface area contributed by atoms with Crippen LogP contribution in [0.2, 0.25) is 0 Å². The molecular formula is C17H24FN3O2. The minimum atomic E-state index is -0.359. The number of nitrogens with one attached hydrogen (secondary N) is 2. The molecule has 2 rings (SSSR count). The third-order valence-electron chi connectivity index (χ3n) is 4.17. The summed E-state index contributed by atoms with van der Waals surface area (Å²) in [6, 6.07) is 5.96. The average molecular weight is 321 g/mol. The van der Waals surface area contributed by atoms with E-state index in [1.54, 1.807) is 0 Å². The summed E-state index contributed by atoms with van der Waals surface area (Å²) in [6.07, 6.45) is 5.98. The number of anilines is 1. The fourth-order valence-electron chi connectivity index (χ4n) is 2.85. The van der Waals surface area contributed by atoms with Gasteiger partial charge in [-0.1, -0.05) is 19.3 Å². The maximum atomic E-state index is 12.8. The fraction of sp³-hybridized carbons (Fsp3) is 0.529. The molecule has 23 heavy (non-hydrogen) atoms. The van der Waals surface area contributed by atoms with Gasteiger partial charge < -0.3 is 10.6 Å². The van der Waals surface area contributed by atoms with E-state index in [1.165, 1.54) is 43.5 Å². The summed E-state index contributed by atoms with van der Waals surface area (Å²) in [6.45, 7) is 0.212. The third-order valence-corrected chi connectivity index (χ3v) is 4.17. The standard InChI is InChI=1S/C17H24FN3O2/c1-21(15-5-3-2-4-6-15)12-17(23)19-11-16(22)20-14-9-7-13(18)8-10-14/h7-10,15H,2-6,11-12H2,1H3,(H,19,23)(H,20,22). The van der Waals surface area contributed by atoms with Crippen molar-refractivity contribution in [2.45, 2.75) is 38.1 Å². The first kappa shape index (κ1) is 17.4. The third kappa shape index (κ3) is 5.98. The van der Waals surface area contributed by atoms with Crippen molar-refractivity contribution in [2.24, 2.45) is 0 Å². The predicted octanol–water partition coefficient (Wildman–Crippen LogP) is 2.14. The van der Waals surface area contributed by atoms with E-state index in [-0.39, 0.29) is 24.2 Å². The Morgan fingerprint density at radius 1 is 1.13 bits per heavy atom. The van der Waals surface area contributed by atoms with E-state index < -0.39 is 0 Å². The zero-order valence-electron chi connectivity index (χ0n) is 13.5. The van der Waals surface area contributed by atoms with Gasteiger partial charge in [-0.3, -0.25) is 14.5 Å². The number of nitrogens with zero attached hydrogens (tertiary/aromatic N) is 1. The minimum Gasteiger partial charge on any atom is -0.346 e. The van der Waals surface area contributed by atoms with Gasteiger partial charge in [0.1, 0.15) is 5.82 Å². The number of likely N-dealkylation sites (N-methyl/N-ethyl adjacent to an activating group) is 1. The molecule has 2 N–H and O–H groups in total. The summed E-state index contributed by atoms with van der Waals surface area (Å²) in [7, 11) is 1.95. The SMILES string of the molecule is CN(CC(=O)NCC(=O)Nc1ccc(F)cc1)C1CCCCC1. The Bertz CT molecular complexity index is 527. The largest absolute Gasteiger partial charge is 0.346 e. The van der Waals surface area contributed by atoms with E-state index in [0.29, 0.717) is 18.3 Å². The minimum absolute atomic E-state index is 0.0886. The molecule has 1 aliphatic carbocycles. The van der Waals surface area contributed by atoms with Crippen molar-refractivity contribution in [3.05, 3.63) is 30.1 Å². The molecule has 0 bridgehead atoms. The molecule has 0 radical (unpaired) electrons. The molecule has 0 saturated heterocycles. The first-order chi connectivity index (χ1) is 11.0. The second kappa shape index (κ2) is 8.62. The van der Waals surface area contributed by atoms with Crippen molar-refractivity contribution in [3.8, 4) is 0 Å². The molecule has 1 aromatic carbocycles. The molecule has 0 aliphatic heterocycles. The molecule has 0 heterocycles. The zero-order chi connectivity index (χ0) is 16.7. The Morgan fingerprint density at radius 2 is 1.78 bits per heavy atom. The van der Waals surface area contributed by atoms with Crippen molar-refractivity contribution in [3.63, 3.8) is 0 Å². The van der Waals surface area contributed by atoms with E-state index in [4.69, 9.17) is 0 Å². The van der Waals surface area contributed by atoms with Crippen LogP contribution in [0.4, 0.5) is 10.1 Å². The van der Waals surface area contributed by atoms with Crippen LogP contribution in [0, 0.1) is 5.82 Å². The van der Waals surface area contributed by atoms with Gasteiger partial charge in [0.05, 0.1) is 13.1 Å². The van der Waals surface area contributed by atoms with Crippen LogP contribution in [-0.4, -0.2) is 42.9 Å². The van der Waals surface area contributed by atoms with Crippen molar-refractivity contribution in [1.82, 2.24) is 10.2 Å². The molecule has 2 amide bonds. The molecule has 126 valence electrons. The quantitative estimate of drug-likeness (QED) is 0.844. The lowest BCUT2D eigenvalue weighted by atomic mass is 9.94. The van der Waals surface area contributed by atoms with Crippen LogP contribution in [0.15, 0.2) is 24.3 Å². The van der Waals surface area contributed by atoms with Gasteiger partial charge in [0, 0.05) is 11.7 Å². The summed E-state index contributed by atoms with van der Waals surface area (Å²) in [5.74, 6) is -0.848. The molecule has 1 fully saturated rings. The number of hydrogen-bond donors (Lipinski definition) is 2. The van der Waals surface area contributed by atoms with Gasteiger partial charge in [-0.05, 0) is 44.2 Å². The molecular weight excluding hydrogens is 297 g/mol. The van der Waals surface area contributed by atoms with Crippen LogP contribution in [0.5, 0.6) is 0 Å². The highest BCUT2D eigenvalue weighted by molar-refractivity contribution is 5.94. The topological polar surface area (TPSA) is 61.4 Å². The van der Waals surface area contributed by atoms with Gasteiger partial charge in [0.25, 0.3) is 0 Å². The maximum Gasteiger partial charge on any atom is 0.243 e. The van der Waals surface area contributed by atoms with Crippen LogP contribution in [0.1, 0.15) is 32.1 Å². The molecule has 0 spiro atoms. The van der Waals surface area contributed by atoms with Crippen LogP contribution >= 0.6 is 0 Å². The molecule has 1 saturated carbocycles. The van der Waals surface area contributed by atoms with Crippen LogP contribution in [0.3, 0.4) is 0 Å². The highest BCUT2D eigenvalue weighted by atomic mass is 19.1. The monoisotopic (exact) mass is 321 g/mol. The lowest BCUT2D eigenvalue weighted by molar-refractivity contribution is -0.125. The number of hydrogen-bond acceptors (Lipinski definition) is 3. The molecule has 1 aromatic rings. The normalized spacial score (nSPS) is 15.4. The van der Waals surface area contributed by atoms with Gasteiger partial charge in [-0.25, -0.2) is 4.39 Å². The highest BCUT2D eigenvalue weighted by Gasteiger charge is 2.19. The van der Waals surface area contributed by atoms with Gasteiger partial charge in [0.15, 0.2) is 0 Å². The van der Waals surface area contributed by atoms with Crippen LogP contribution < -0.4 is 10.6 Å². The number of carbonyl (C=O) groups is 2. The summed E-state index contributed by atoms with van der Waals surface area (Å²) in [5.41, 5.74) is 0.505. The van der Waals surface area contributed by atoms with E-state index in [2.05, 4.69) is 15.5 Å². The summed E-state index contributed by atoms with van der Waals surface area (Å²) in [5, 5.41) is 5.22. The van der Waals surface area contributed by atoms with Gasteiger partial charge in [0.2, 0.25) is 11.8 Å². The Kier molecular flexibility index (Phi) is 6.52. The Hall–Kier alpha value is -1.95. The number of benzene rings is 1. The number of carbonyl (C=O) groups excluding carboxylic acids is 2. The van der Waals surface area contributed by atoms with Gasteiger partial charge >= 0.3 is 0 Å². The molecule has 0 unspecified atom stereocenters. The second-order valence-corrected chi connectivity index (χ2v) is 6.04. The lowest BCUT2D eigenvalue weighted by Crippen LogP contribution is -2.43. The van der Waals surface area contributed by atoms with Gasteiger partial charge in [-0.15, -0.1) is 0 Å². The average Bonchev–Trinajstić information content (AvgIpc) is 2.56. The van der Waals surface area contributed by atoms with Crippen molar-refractivity contribution >= 4 is 17.5 Å². The van der Waals surface area contributed by atoms with Crippen LogP contribution in [-0.2, 0) is 9.59 Å². The predicted molar refractivity (Wildman–Crippen MR) is 87.5 cm³/mol. The van der Waals surface area contributed by atoms with Gasteiger partial charge in [-0.2, -0.15) is 0 Å². The molecule has 1 aliphatic rings. The molecule has 5 nitrogen and oxygen atoms in total. The van der Waals surface area contributed by atoms with Crippen molar-refractivity contribution < 1.29 is 14.0 Å². The summed E-state index contributed by atoms with van der Waals surface area (Å²) >= 11 is 0. The highest BCUT2D eigenvalue weighted by Crippen LogP contribution is 2.21. The number of amides is 2. The Morgan fingerprint density at radius 3 is 2.43 bits per heavy atom. The lowest BCUT2D eigenvalue weighted by Gasteiger charge is -2.30. The van der Waals surface area contributed by atoms with E-state index in [9.17, 15) is 14.0 Å². The maximum absolute atomic E-state index is 12.8. The number of rotatable bonds is 6. The molecule has 0 atom stereocenters. The van der Waals surface area contributed by atoms with E-state index >= 15 is 0 Å². The molecule has 6 heteroatoms. The first-order valence-corrected chi connectivity index (χ1v) is 8.07. The van der Waals surface area contributed by atoms with E-state index in [0.717, 1.165) is 12.8 Å². The van der Waals surface area contributed by atoms with Crippen molar-refractivity contribution in [2.75, 3.05) is 25.5 Å². The zero-order valence-corrected chi connectivity index (χ0v) is 13.5. The second-order valence-electron chi connectivity index (χ2n) is 6.04. The Balaban J connectivity index is 1.68. The van der Waals surface area contributed by atoms with E-state index in [1.807, 2.05) is 7.05 Å². The van der Waals surface area contributed by atoms with Crippen molar-refractivity contribution in [1.29, 1.82) is 0 Å². The first-order valence-electron chi connectivity index (χ1n) is 8.07.